The summed E-state index contributed by atoms with van der Waals surface area (Å²) in [6.07, 6.45) is 5.33. The third-order valence-corrected chi connectivity index (χ3v) is 4.73. The molecule has 1 N–H and O–H groups in total. The Hall–Kier alpha value is -1.12. The average molecular weight is 303 g/mol. The van der Waals surface area contributed by atoms with E-state index in [4.69, 9.17) is 16.6 Å². The van der Waals surface area contributed by atoms with Gasteiger partial charge in [-0.1, -0.05) is 50.4 Å². The Balaban J connectivity index is 1.96. The molecule has 1 aromatic carbocycles. The smallest absolute Gasteiger partial charge is 0.0894 e. The number of fused-ring (bicyclic) bond motifs is 1. The fourth-order valence-electron chi connectivity index (χ4n) is 3.13. The molecular weight excluding hydrogens is 280 g/mol. The van der Waals surface area contributed by atoms with Gasteiger partial charge in [-0.2, -0.15) is 0 Å². The molecule has 1 aromatic heterocycles. The van der Waals surface area contributed by atoms with E-state index in [1.54, 1.807) is 0 Å². The molecule has 1 heterocycles. The number of rotatable bonds is 4. The van der Waals surface area contributed by atoms with Crippen LogP contribution in [0, 0.1) is 0 Å². The van der Waals surface area contributed by atoms with Crippen molar-refractivity contribution in [3.05, 3.63) is 40.5 Å². The molecule has 0 amide bonds. The zero-order chi connectivity index (χ0) is 14.8. The Labute approximate surface area is 131 Å². The molecule has 0 aliphatic heterocycles. The van der Waals surface area contributed by atoms with Crippen molar-refractivity contribution < 1.29 is 0 Å². The first kappa shape index (κ1) is 14.8. The summed E-state index contributed by atoms with van der Waals surface area (Å²) in [5.74, 6) is 0.413. The van der Waals surface area contributed by atoms with E-state index in [0.29, 0.717) is 12.0 Å². The van der Waals surface area contributed by atoms with Crippen LogP contribution in [0.1, 0.15) is 56.7 Å². The lowest BCUT2D eigenvalue weighted by molar-refractivity contribution is 0.525. The van der Waals surface area contributed by atoms with E-state index in [2.05, 4.69) is 31.3 Å². The van der Waals surface area contributed by atoms with Crippen molar-refractivity contribution in [1.29, 1.82) is 0 Å². The molecule has 0 atom stereocenters. The molecule has 3 rings (SSSR count). The monoisotopic (exact) mass is 302 g/mol. The lowest BCUT2D eigenvalue weighted by Crippen LogP contribution is -2.25. The van der Waals surface area contributed by atoms with Gasteiger partial charge in [0.05, 0.1) is 10.5 Å². The summed E-state index contributed by atoms with van der Waals surface area (Å²) in [4.78, 5) is 4.75. The molecule has 0 saturated heterocycles. The second kappa shape index (κ2) is 6.33. The Morgan fingerprint density at radius 2 is 2.05 bits per heavy atom. The van der Waals surface area contributed by atoms with Crippen LogP contribution >= 0.6 is 11.6 Å². The van der Waals surface area contributed by atoms with Crippen molar-refractivity contribution in [3.8, 4) is 0 Å². The number of benzene rings is 1. The van der Waals surface area contributed by atoms with Gasteiger partial charge in [0.1, 0.15) is 0 Å². The Bertz CT molecular complexity index is 630. The zero-order valence-electron chi connectivity index (χ0n) is 12.8. The highest BCUT2D eigenvalue weighted by Crippen LogP contribution is 2.28. The quantitative estimate of drug-likeness (QED) is 0.855. The Kier molecular flexibility index (Phi) is 4.46. The minimum atomic E-state index is 0.413. The van der Waals surface area contributed by atoms with Crippen LogP contribution in [-0.2, 0) is 6.54 Å². The number of pyridine rings is 1. The van der Waals surface area contributed by atoms with Crippen molar-refractivity contribution in [1.82, 2.24) is 10.3 Å². The van der Waals surface area contributed by atoms with E-state index in [1.165, 1.54) is 36.6 Å². The Morgan fingerprint density at radius 1 is 1.29 bits per heavy atom. The molecule has 21 heavy (non-hydrogen) atoms. The van der Waals surface area contributed by atoms with Crippen LogP contribution in [0.3, 0.4) is 0 Å². The molecule has 0 bridgehead atoms. The number of hydrogen-bond donors (Lipinski definition) is 1. The molecule has 1 aliphatic carbocycles. The van der Waals surface area contributed by atoms with Gasteiger partial charge >= 0.3 is 0 Å². The molecule has 1 aliphatic rings. The molecule has 2 aromatic rings. The number of aromatic nitrogens is 1. The van der Waals surface area contributed by atoms with Crippen molar-refractivity contribution in [3.63, 3.8) is 0 Å². The van der Waals surface area contributed by atoms with Crippen LogP contribution in [0.5, 0.6) is 0 Å². The first-order chi connectivity index (χ1) is 10.1. The standard InChI is InChI=1S/C18H23ClN2/c1-12(2)17-10-13(11-20-14-6-3-4-7-14)15-8-5-9-16(19)18(15)21-17/h5,8-10,12,14,20H,3-4,6-7,11H2,1-2H3. The highest BCUT2D eigenvalue weighted by atomic mass is 35.5. The highest BCUT2D eigenvalue weighted by Gasteiger charge is 2.16. The lowest BCUT2D eigenvalue weighted by Gasteiger charge is -2.16. The minimum absolute atomic E-state index is 0.413. The molecular formula is C18H23ClN2. The lowest BCUT2D eigenvalue weighted by atomic mass is 10.0. The first-order valence-electron chi connectivity index (χ1n) is 7.96. The first-order valence-corrected chi connectivity index (χ1v) is 8.34. The van der Waals surface area contributed by atoms with Crippen molar-refractivity contribution in [2.45, 2.75) is 58.0 Å². The molecule has 0 unspecified atom stereocenters. The molecule has 2 nitrogen and oxygen atoms in total. The van der Waals surface area contributed by atoms with Gasteiger partial charge in [-0.3, -0.25) is 4.98 Å². The van der Waals surface area contributed by atoms with Gasteiger partial charge in [-0.15, -0.1) is 0 Å². The van der Waals surface area contributed by atoms with Gasteiger partial charge < -0.3 is 5.32 Å². The maximum Gasteiger partial charge on any atom is 0.0894 e. The van der Waals surface area contributed by atoms with Gasteiger partial charge in [0, 0.05) is 23.7 Å². The minimum Gasteiger partial charge on any atom is -0.310 e. The van der Waals surface area contributed by atoms with E-state index < -0.39 is 0 Å². The van der Waals surface area contributed by atoms with Crippen LogP contribution in [0.25, 0.3) is 10.9 Å². The molecule has 0 radical (unpaired) electrons. The van der Waals surface area contributed by atoms with Crippen LogP contribution in [-0.4, -0.2) is 11.0 Å². The van der Waals surface area contributed by atoms with Crippen molar-refractivity contribution >= 4 is 22.5 Å². The largest absolute Gasteiger partial charge is 0.310 e. The Morgan fingerprint density at radius 3 is 2.76 bits per heavy atom. The van der Waals surface area contributed by atoms with Crippen LogP contribution in [0.2, 0.25) is 5.02 Å². The summed E-state index contributed by atoms with van der Waals surface area (Å²) >= 11 is 6.35. The second-order valence-electron chi connectivity index (χ2n) is 6.36. The van der Waals surface area contributed by atoms with Gasteiger partial charge in [0.15, 0.2) is 0 Å². The number of halogens is 1. The van der Waals surface area contributed by atoms with Crippen molar-refractivity contribution in [2.75, 3.05) is 0 Å². The molecule has 0 spiro atoms. The number of nitrogens with zero attached hydrogens (tertiary/aromatic N) is 1. The number of nitrogens with one attached hydrogen (secondary N) is 1. The maximum atomic E-state index is 6.35. The van der Waals surface area contributed by atoms with Gasteiger partial charge in [0.2, 0.25) is 0 Å². The fraction of sp³-hybridized carbons (Fsp3) is 0.500. The maximum absolute atomic E-state index is 6.35. The van der Waals surface area contributed by atoms with Crippen LogP contribution < -0.4 is 5.32 Å². The molecule has 3 heteroatoms. The SMILES string of the molecule is CC(C)c1cc(CNC2CCCC2)c2cccc(Cl)c2n1. The number of hydrogen-bond acceptors (Lipinski definition) is 2. The normalized spacial score (nSPS) is 16.2. The number of para-hydroxylation sites is 1. The fourth-order valence-corrected chi connectivity index (χ4v) is 3.35. The summed E-state index contributed by atoms with van der Waals surface area (Å²) in [7, 11) is 0. The van der Waals surface area contributed by atoms with Crippen LogP contribution in [0.15, 0.2) is 24.3 Å². The highest BCUT2D eigenvalue weighted by molar-refractivity contribution is 6.35. The summed E-state index contributed by atoms with van der Waals surface area (Å²) in [6.45, 7) is 5.27. The van der Waals surface area contributed by atoms with Gasteiger partial charge in [0.25, 0.3) is 0 Å². The van der Waals surface area contributed by atoms with E-state index in [1.807, 2.05) is 12.1 Å². The van der Waals surface area contributed by atoms with E-state index in [9.17, 15) is 0 Å². The summed E-state index contributed by atoms with van der Waals surface area (Å²) in [6, 6.07) is 8.99. The average Bonchev–Trinajstić information content (AvgIpc) is 2.98. The molecule has 1 fully saturated rings. The van der Waals surface area contributed by atoms with Gasteiger partial charge in [-0.25, -0.2) is 0 Å². The summed E-state index contributed by atoms with van der Waals surface area (Å²) < 4.78 is 0. The van der Waals surface area contributed by atoms with Crippen LogP contribution in [0.4, 0.5) is 0 Å². The van der Waals surface area contributed by atoms with E-state index >= 15 is 0 Å². The summed E-state index contributed by atoms with van der Waals surface area (Å²) in [5, 5.41) is 5.63. The third-order valence-electron chi connectivity index (χ3n) is 4.42. The van der Waals surface area contributed by atoms with E-state index in [-0.39, 0.29) is 0 Å². The predicted octanol–water partition coefficient (Wildman–Crippen LogP) is 5.04. The molecule has 1 saturated carbocycles. The zero-order valence-corrected chi connectivity index (χ0v) is 13.6. The topological polar surface area (TPSA) is 24.9 Å². The van der Waals surface area contributed by atoms with Crippen molar-refractivity contribution in [2.24, 2.45) is 0 Å². The molecule has 112 valence electrons. The van der Waals surface area contributed by atoms with E-state index in [0.717, 1.165) is 22.8 Å². The van der Waals surface area contributed by atoms with Gasteiger partial charge in [-0.05, 0) is 36.5 Å². The summed E-state index contributed by atoms with van der Waals surface area (Å²) in [5.41, 5.74) is 3.38. The second-order valence-corrected chi connectivity index (χ2v) is 6.77. The third kappa shape index (κ3) is 3.22. The predicted molar refractivity (Wildman–Crippen MR) is 89.9 cm³/mol.